The summed E-state index contributed by atoms with van der Waals surface area (Å²) in [5.74, 6) is 0.963. The molecule has 0 spiro atoms. The summed E-state index contributed by atoms with van der Waals surface area (Å²) in [5, 5.41) is 6.12. The highest BCUT2D eigenvalue weighted by molar-refractivity contribution is 7.99. The van der Waals surface area contributed by atoms with Crippen LogP contribution in [0, 0.1) is 0 Å². The van der Waals surface area contributed by atoms with Gasteiger partial charge >= 0.3 is 0 Å². The lowest BCUT2D eigenvalue weighted by molar-refractivity contribution is -0.120. The molecule has 1 aromatic rings. The first-order valence-electron chi connectivity index (χ1n) is 6.45. The average molecular weight is 266 g/mol. The van der Waals surface area contributed by atoms with Gasteiger partial charge in [0, 0.05) is 30.2 Å². The quantitative estimate of drug-likeness (QED) is 0.710. The second kappa shape index (κ2) is 9.00. The monoisotopic (exact) mass is 266 g/mol. The second-order valence-electron chi connectivity index (χ2n) is 3.98. The SMILES string of the molecule is CCNCc1cccc(SCCC(=O)NCC)c1. The van der Waals surface area contributed by atoms with E-state index < -0.39 is 0 Å². The Morgan fingerprint density at radius 3 is 2.83 bits per heavy atom. The van der Waals surface area contributed by atoms with Crippen LogP contribution in [-0.2, 0) is 11.3 Å². The topological polar surface area (TPSA) is 41.1 Å². The first kappa shape index (κ1) is 15.1. The van der Waals surface area contributed by atoms with Gasteiger partial charge in [-0.2, -0.15) is 0 Å². The van der Waals surface area contributed by atoms with Gasteiger partial charge < -0.3 is 10.6 Å². The minimum absolute atomic E-state index is 0.133. The number of rotatable bonds is 8. The smallest absolute Gasteiger partial charge is 0.220 e. The molecule has 0 atom stereocenters. The normalized spacial score (nSPS) is 10.3. The largest absolute Gasteiger partial charge is 0.356 e. The first-order chi connectivity index (χ1) is 8.76. The van der Waals surface area contributed by atoms with Crippen molar-refractivity contribution in [3.05, 3.63) is 29.8 Å². The molecule has 3 nitrogen and oxygen atoms in total. The van der Waals surface area contributed by atoms with Gasteiger partial charge in [-0.25, -0.2) is 0 Å². The van der Waals surface area contributed by atoms with Crippen molar-refractivity contribution >= 4 is 17.7 Å². The molecule has 0 heterocycles. The number of hydrogen-bond donors (Lipinski definition) is 2. The van der Waals surface area contributed by atoms with Crippen LogP contribution in [0.3, 0.4) is 0 Å². The standard InChI is InChI=1S/C14H22N2OS/c1-3-15-11-12-6-5-7-13(10-12)18-9-8-14(17)16-4-2/h5-7,10,15H,3-4,8-9,11H2,1-2H3,(H,16,17). The highest BCUT2D eigenvalue weighted by Crippen LogP contribution is 2.19. The van der Waals surface area contributed by atoms with Crippen molar-refractivity contribution in [1.29, 1.82) is 0 Å². The minimum atomic E-state index is 0.133. The van der Waals surface area contributed by atoms with Crippen molar-refractivity contribution in [2.24, 2.45) is 0 Å². The number of hydrogen-bond acceptors (Lipinski definition) is 3. The minimum Gasteiger partial charge on any atom is -0.356 e. The number of carbonyl (C=O) groups is 1. The summed E-state index contributed by atoms with van der Waals surface area (Å²) in [6, 6.07) is 8.47. The predicted molar refractivity (Wildman–Crippen MR) is 77.8 cm³/mol. The van der Waals surface area contributed by atoms with Gasteiger partial charge in [-0.05, 0) is 31.2 Å². The molecule has 1 rings (SSSR count). The van der Waals surface area contributed by atoms with Crippen LogP contribution in [-0.4, -0.2) is 24.7 Å². The number of thioether (sulfide) groups is 1. The Bertz CT molecular complexity index is 369. The molecule has 1 amide bonds. The molecule has 0 radical (unpaired) electrons. The highest BCUT2D eigenvalue weighted by Gasteiger charge is 2.01. The van der Waals surface area contributed by atoms with Crippen molar-refractivity contribution in [2.75, 3.05) is 18.8 Å². The third kappa shape index (κ3) is 6.07. The van der Waals surface area contributed by atoms with Crippen LogP contribution in [0.1, 0.15) is 25.8 Å². The van der Waals surface area contributed by atoms with Crippen LogP contribution in [0.15, 0.2) is 29.2 Å². The fraction of sp³-hybridized carbons (Fsp3) is 0.500. The van der Waals surface area contributed by atoms with Gasteiger partial charge in [-0.3, -0.25) is 4.79 Å². The van der Waals surface area contributed by atoms with Crippen LogP contribution < -0.4 is 10.6 Å². The molecule has 0 saturated heterocycles. The van der Waals surface area contributed by atoms with Gasteiger partial charge in [0.1, 0.15) is 0 Å². The highest BCUT2D eigenvalue weighted by atomic mass is 32.2. The molecule has 0 unspecified atom stereocenters. The van der Waals surface area contributed by atoms with Crippen molar-refractivity contribution in [2.45, 2.75) is 31.7 Å². The Morgan fingerprint density at radius 2 is 2.11 bits per heavy atom. The molecule has 0 bridgehead atoms. The molecule has 0 fully saturated rings. The Labute approximate surface area is 114 Å². The van der Waals surface area contributed by atoms with Crippen LogP contribution in [0.5, 0.6) is 0 Å². The molecule has 0 aliphatic rings. The third-order valence-electron chi connectivity index (χ3n) is 2.45. The van der Waals surface area contributed by atoms with Gasteiger partial charge in [0.2, 0.25) is 5.91 Å². The zero-order chi connectivity index (χ0) is 13.2. The molecule has 100 valence electrons. The number of benzene rings is 1. The molecule has 18 heavy (non-hydrogen) atoms. The molecular formula is C14H22N2OS. The Balaban J connectivity index is 2.35. The van der Waals surface area contributed by atoms with E-state index in [9.17, 15) is 4.79 Å². The summed E-state index contributed by atoms with van der Waals surface area (Å²) in [7, 11) is 0. The fourth-order valence-corrected chi connectivity index (χ4v) is 2.49. The maximum atomic E-state index is 11.3. The van der Waals surface area contributed by atoms with E-state index in [-0.39, 0.29) is 5.91 Å². The van der Waals surface area contributed by atoms with Gasteiger partial charge in [-0.15, -0.1) is 11.8 Å². The van der Waals surface area contributed by atoms with Crippen molar-refractivity contribution in [1.82, 2.24) is 10.6 Å². The molecule has 0 saturated carbocycles. The van der Waals surface area contributed by atoms with E-state index in [1.165, 1.54) is 10.5 Å². The number of amides is 1. The molecule has 4 heteroatoms. The van der Waals surface area contributed by atoms with Crippen LogP contribution in [0.4, 0.5) is 0 Å². The maximum Gasteiger partial charge on any atom is 0.220 e. The molecule has 0 aliphatic carbocycles. The lowest BCUT2D eigenvalue weighted by Gasteiger charge is -2.06. The average Bonchev–Trinajstić information content (AvgIpc) is 2.37. The van der Waals surface area contributed by atoms with E-state index >= 15 is 0 Å². The zero-order valence-electron chi connectivity index (χ0n) is 11.2. The van der Waals surface area contributed by atoms with Crippen LogP contribution in [0.2, 0.25) is 0 Å². The molecular weight excluding hydrogens is 244 g/mol. The van der Waals surface area contributed by atoms with Gasteiger partial charge in [0.15, 0.2) is 0 Å². The Kier molecular flexibility index (Phi) is 7.53. The summed E-state index contributed by atoms with van der Waals surface area (Å²) in [5.41, 5.74) is 1.29. The third-order valence-corrected chi connectivity index (χ3v) is 3.44. The van der Waals surface area contributed by atoms with Crippen molar-refractivity contribution < 1.29 is 4.79 Å². The summed E-state index contributed by atoms with van der Waals surface area (Å²) >= 11 is 1.73. The molecule has 1 aromatic carbocycles. The summed E-state index contributed by atoms with van der Waals surface area (Å²) < 4.78 is 0. The summed E-state index contributed by atoms with van der Waals surface area (Å²) in [6.07, 6.45) is 0.579. The van der Waals surface area contributed by atoms with E-state index in [1.807, 2.05) is 6.92 Å². The molecule has 0 aromatic heterocycles. The predicted octanol–water partition coefficient (Wildman–Crippen LogP) is 2.41. The zero-order valence-corrected chi connectivity index (χ0v) is 12.0. The van der Waals surface area contributed by atoms with Gasteiger partial charge in [0.05, 0.1) is 0 Å². The van der Waals surface area contributed by atoms with Crippen molar-refractivity contribution in [3.63, 3.8) is 0 Å². The second-order valence-corrected chi connectivity index (χ2v) is 5.15. The van der Waals surface area contributed by atoms with Crippen LogP contribution >= 0.6 is 11.8 Å². The Morgan fingerprint density at radius 1 is 1.28 bits per heavy atom. The van der Waals surface area contributed by atoms with E-state index in [4.69, 9.17) is 0 Å². The first-order valence-corrected chi connectivity index (χ1v) is 7.44. The lowest BCUT2D eigenvalue weighted by atomic mass is 10.2. The maximum absolute atomic E-state index is 11.3. The summed E-state index contributed by atoms with van der Waals surface area (Å²) in [6.45, 7) is 6.64. The van der Waals surface area contributed by atoms with E-state index in [0.29, 0.717) is 13.0 Å². The van der Waals surface area contributed by atoms with Gasteiger partial charge in [0.25, 0.3) is 0 Å². The Hall–Kier alpha value is -1.00. The van der Waals surface area contributed by atoms with E-state index in [1.54, 1.807) is 11.8 Å². The van der Waals surface area contributed by atoms with Crippen molar-refractivity contribution in [3.8, 4) is 0 Å². The van der Waals surface area contributed by atoms with Gasteiger partial charge in [-0.1, -0.05) is 19.1 Å². The van der Waals surface area contributed by atoms with Crippen LogP contribution in [0.25, 0.3) is 0 Å². The fourth-order valence-electron chi connectivity index (χ4n) is 1.56. The number of carbonyl (C=O) groups excluding carboxylic acids is 1. The van der Waals surface area contributed by atoms with E-state index in [0.717, 1.165) is 18.8 Å². The summed E-state index contributed by atoms with van der Waals surface area (Å²) in [4.78, 5) is 12.5. The lowest BCUT2D eigenvalue weighted by Crippen LogP contribution is -2.22. The molecule has 2 N–H and O–H groups in total. The number of nitrogens with one attached hydrogen (secondary N) is 2. The molecule has 0 aliphatic heterocycles. The van der Waals surface area contributed by atoms with E-state index in [2.05, 4.69) is 41.8 Å².